The van der Waals surface area contributed by atoms with Gasteiger partial charge < -0.3 is 10.5 Å². The summed E-state index contributed by atoms with van der Waals surface area (Å²) in [4.78, 5) is 19.8. The number of nitrogens with zero attached hydrogens (tertiary/aromatic N) is 7. The Morgan fingerprint density at radius 2 is 1.91 bits per heavy atom. The monoisotopic (exact) mass is 443 g/mol. The summed E-state index contributed by atoms with van der Waals surface area (Å²) in [6, 6.07) is 8.30. The molecule has 1 aromatic carbocycles. The highest BCUT2D eigenvalue weighted by molar-refractivity contribution is 5.63. The molecule has 1 aliphatic heterocycles. The summed E-state index contributed by atoms with van der Waals surface area (Å²) in [7, 11) is 0. The Kier molecular flexibility index (Phi) is 4.35. The number of aromatic amines is 1. The van der Waals surface area contributed by atoms with E-state index in [-0.39, 0.29) is 22.9 Å². The third-order valence-corrected chi connectivity index (χ3v) is 5.58. The summed E-state index contributed by atoms with van der Waals surface area (Å²) >= 11 is 0. The minimum Gasteiger partial charge on any atom is -0.418 e. The Morgan fingerprint density at radius 1 is 1.18 bits per heavy atom. The topological polar surface area (TPSA) is 174 Å². The van der Waals surface area contributed by atoms with Crippen LogP contribution in [0.25, 0.3) is 5.82 Å². The molecule has 0 bridgehead atoms. The number of benzene rings is 1. The quantitative estimate of drug-likeness (QED) is 0.314. The molecule has 33 heavy (non-hydrogen) atoms. The lowest BCUT2D eigenvalue weighted by Crippen LogP contribution is -2.19. The second kappa shape index (κ2) is 7.13. The van der Waals surface area contributed by atoms with Crippen molar-refractivity contribution >= 4 is 11.5 Å². The fourth-order valence-corrected chi connectivity index (χ4v) is 4.07. The maximum absolute atomic E-state index is 11.2. The van der Waals surface area contributed by atoms with Gasteiger partial charge in [0, 0.05) is 23.4 Å². The van der Waals surface area contributed by atoms with Gasteiger partial charge in [-0.1, -0.05) is 12.1 Å². The number of aryl methyl sites for hydroxylation is 3. The van der Waals surface area contributed by atoms with Crippen LogP contribution in [0.2, 0.25) is 0 Å². The molecule has 0 spiro atoms. The zero-order valence-corrected chi connectivity index (χ0v) is 17.8. The van der Waals surface area contributed by atoms with Crippen LogP contribution in [-0.2, 0) is 0 Å². The highest BCUT2D eigenvalue weighted by Crippen LogP contribution is 2.49. The zero-order chi connectivity index (χ0) is 23.4. The van der Waals surface area contributed by atoms with Crippen LogP contribution in [0.3, 0.4) is 0 Å². The molecule has 12 nitrogen and oxygen atoms in total. The van der Waals surface area contributed by atoms with Crippen molar-refractivity contribution in [2.24, 2.45) is 0 Å². The SMILES string of the molecule is Cc1nc2c(c(-n3nc(C)c(C#N)c3N)n1)C(c1ccc([N+](=O)[O-])cc1)c1c(n[nH]c1C)O2. The van der Waals surface area contributed by atoms with Crippen molar-refractivity contribution in [1.82, 2.24) is 29.9 Å². The van der Waals surface area contributed by atoms with Crippen LogP contribution >= 0.6 is 0 Å². The summed E-state index contributed by atoms with van der Waals surface area (Å²) in [6.07, 6.45) is 0. The first kappa shape index (κ1) is 20.1. The van der Waals surface area contributed by atoms with Gasteiger partial charge in [-0.05, 0) is 26.3 Å². The average molecular weight is 443 g/mol. The minimum absolute atomic E-state index is 0.0267. The molecule has 5 rings (SSSR count). The van der Waals surface area contributed by atoms with Gasteiger partial charge in [-0.2, -0.15) is 20.0 Å². The number of hydrogen-bond donors (Lipinski definition) is 2. The number of anilines is 1. The normalized spacial score (nSPS) is 14.2. The van der Waals surface area contributed by atoms with Gasteiger partial charge in [0.05, 0.1) is 22.1 Å². The number of hydrogen-bond acceptors (Lipinski definition) is 9. The molecule has 1 aliphatic rings. The van der Waals surface area contributed by atoms with Crippen molar-refractivity contribution in [1.29, 1.82) is 5.26 Å². The third kappa shape index (κ3) is 2.98. The molecule has 0 radical (unpaired) electrons. The number of nitro benzene ring substituents is 1. The highest BCUT2D eigenvalue weighted by atomic mass is 16.6. The molecule has 0 aliphatic carbocycles. The summed E-state index contributed by atoms with van der Waals surface area (Å²) < 4.78 is 7.42. The number of H-pyrrole nitrogens is 1. The van der Waals surface area contributed by atoms with E-state index in [1.54, 1.807) is 26.0 Å². The van der Waals surface area contributed by atoms with Crippen molar-refractivity contribution < 1.29 is 9.66 Å². The lowest BCUT2D eigenvalue weighted by atomic mass is 9.84. The molecular formula is C21H17N9O3. The summed E-state index contributed by atoms with van der Waals surface area (Å²) in [5.41, 5.74) is 9.75. The number of non-ortho nitro benzene ring substituents is 1. The molecule has 0 fully saturated rings. The van der Waals surface area contributed by atoms with Crippen molar-refractivity contribution in [2.75, 3.05) is 5.73 Å². The van der Waals surface area contributed by atoms with Gasteiger partial charge in [-0.15, -0.1) is 5.10 Å². The molecule has 1 atom stereocenters. The third-order valence-electron chi connectivity index (χ3n) is 5.58. The lowest BCUT2D eigenvalue weighted by Gasteiger charge is -2.27. The van der Waals surface area contributed by atoms with Crippen molar-refractivity contribution in [3.05, 3.63) is 73.8 Å². The summed E-state index contributed by atoms with van der Waals surface area (Å²) in [5.74, 6) is 1.06. The van der Waals surface area contributed by atoms with Gasteiger partial charge in [-0.3, -0.25) is 15.2 Å². The van der Waals surface area contributed by atoms with Gasteiger partial charge in [-0.25, -0.2) is 4.98 Å². The molecule has 3 aromatic heterocycles. The predicted molar refractivity (Wildman–Crippen MR) is 115 cm³/mol. The molecule has 164 valence electrons. The maximum Gasteiger partial charge on any atom is 0.269 e. The number of nitro groups is 1. The standard InChI is InChI=1S/C21H17N9O3/c1-9-14(8-22)18(23)29(28-9)19-17-16(12-4-6-13(7-5-12)30(31)32)15-10(2)26-27-21(15)33-20(17)25-11(3)24-19/h4-7,16H,23H2,1-3H3,(H,26,27). The minimum atomic E-state index is -0.478. The molecule has 0 saturated carbocycles. The smallest absolute Gasteiger partial charge is 0.269 e. The van der Waals surface area contributed by atoms with E-state index in [4.69, 9.17) is 10.5 Å². The van der Waals surface area contributed by atoms with E-state index in [1.807, 2.05) is 6.92 Å². The number of nitriles is 1. The van der Waals surface area contributed by atoms with E-state index in [9.17, 15) is 15.4 Å². The van der Waals surface area contributed by atoms with Crippen LogP contribution in [0.1, 0.15) is 45.4 Å². The van der Waals surface area contributed by atoms with Gasteiger partial charge in [0.1, 0.15) is 23.3 Å². The van der Waals surface area contributed by atoms with Gasteiger partial charge >= 0.3 is 0 Å². The maximum atomic E-state index is 11.2. The van der Waals surface area contributed by atoms with Crippen LogP contribution in [-0.4, -0.2) is 34.9 Å². The Bertz CT molecular complexity index is 1480. The van der Waals surface area contributed by atoms with Gasteiger partial charge in [0.25, 0.3) is 5.69 Å². The Balaban J connectivity index is 1.82. The number of nitrogens with one attached hydrogen (secondary N) is 1. The Morgan fingerprint density at radius 3 is 2.55 bits per heavy atom. The summed E-state index contributed by atoms with van der Waals surface area (Å²) in [5, 5.41) is 32.3. The fraction of sp³-hybridized carbons (Fsp3) is 0.190. The van der Waals surface area contributed by atoms with E-state index in [0.717, 1.165) is 16.8 Å². The Hall–Kier alpha value is -4.79. The van der Waals surface area contributed by atoms with Crippen molar-refractivity contribution in [3.8, 4) is 23.6 Å². The Labute approximate surface area is 186 Å². The number of aromatic nitrogens is 6. The van der Waals surface area contributed by atoms with E-state index in [2.05, 4.69) is 31.3 Å². The first-order valence-corrected chi connectivity index (χ1v) is 9.91. The number of nitrogen functional groups attached to an aromatic ring is 1. The molecule has 4 heterocycles. The van der Waals surface area contributed by atoms with Crippen LogP contribution in [0.15, 0.2) is 24.3 Å². The molecular weight excluding hydrogens is 426 g/mol. The largest absolute Gasteiger partial charge is 0.418 e. The molecule has 4 aromatic rings. The van der Waals surface area contributed by atoms with Crippen LogP contribution in [0, 0.1) is 42.2 Å². The molecule has 0 saturated heterocycles. The van der Waals surface area contributed by atoms with Crippen LogP contribution < -0.4 is 10.5 Å². The van der Waals surface area contributed by atoms with E-state index < -0.39 is 10.8 Å². The van der Waals surface area contributed by atoms with Crippen molar-refractivity contribution in [3.63, 3.8) is 0 Å². The average Bonchev–Trinajstić information content (AvgIpc) is 3.29. The van der Waals surface area contributed by atoms with Crippen LogP contribution in [0.5, 0.6) is 11.8 Å². The highest BCUT2D eigenvalue weighted by Gasteiger charge is 2.38. The second-order valence-electron chi connectivity index (χ2n) is 7.63. The van der Waals surface area contributed by atoms with E-state index in [1.165, 1.54) is 16.8 Å². The fourth-order valence-electron chi connectivity index (χ4n) is 4.07. The van der Waals surface area contributed by atoms with Crippen molar-refractivity contribution in [2.45, 2.75) is 26.7 Å². The van der Waals surface area contributed by atoms with E-state index >= 15 is 0 Å². The molecule has 1 unspecified atom stereocenters. The molecule has 0 amide bonds. The van der Waals surface area contributed by atoms with Gasteiger partial charge in [0.15, 0.2) is 5.82 Å². The van der Waals surface area contributed by atoms with Crippen LogP contribution in [0.4, 0.5) is 11.5 Å². The number of fused-ring (bicyclic) bond motifs is 2. The zero-order valence-electron chi connectivity index (χ0n) is 17.8. The van der Waals surface area contributed by atoms with Gasteiger partial charge in [0.2, 0.25) is 11.8 Å². The second-order valence-corrected chi connectivity index (χ2v) is 7.63. The van der Waals surface area contributed by atoms with E-state index in [0.29, 0.717) is 28.8 Å². The number of ether oxygens (including phenoxy) is 1. The first-order valence-electron chi connectivity index (χ1n) is 9.91. The number of nitrogens with two attached hydrogens (primary N) is 1. The number of rotatable bonds is 3. The lowest BCUT2D eigenvalue weighted by molar-refractivity contribution is -0.384. The first-order chi connectivity index (χ1) is 15.8. The molecule has 3 N–H and O–H groups in total. The summed E-state index contributed by atoms with van der Waals surface area (Å²) in [6.45, 7) is 5.25. The molecule has 12 heteroatoms. The predicted octanol–water partition coefficient (Wildman–Crippen LogP) is 2.96.